The molecule has 1 N–H and O–H groups in total. The smallest absolute Gasteiger partial charge is 0.00501 e. The van der Waals surface area contributed by atoms with Crippen molar-refractivity contribution in [2.45, 2.75) is 73.4 Å². The van der Waals surface area contributed by atoms with Crippen molar-refractivity contribution in [1.29, 1.82) is 0 Å². The molecule has 104 valence electrons. The van der Waals surface area contributed by atoms with Gasteiger partial charge in [0.2, 0.25) is 0 Å². The SMILES string of the molecule is CCCC(C)(CNC(C)C)CN(CC)C(C)C. The van der Waals surface area contributed by atoms with Crippen LogP contribution in [0.1, 0.15) is 61.3 Å². The van der Waals surface area contributed by atoms with Crippen molar-refractivity contribution in [3.8, 4) is 0 Å². The van der Waals surface area contributed by atoms with Crippen molar-refractivity contribution in [2.75, 3.05) is 19.6 Å². The first kappa shape index (κ1) is 16.9. The van der Waals surface area contributed by atoms with Crippen LogP contribution in [0.25, 0.3) is 0 Å². The molecule has 0 aliphatic carbocycles. The van der Waals surface area contributed by atoms with Crippen LogP contribution in [0.15, 0.2) is 0 Å². The third-order valence-corrected chi connectivity index (χ3v) is 3.51. The zero-order valence-electron chi connectivity index (χ0n) is 13.1. The number of rotatable bonds is 9. The van der Waals surface area contributed by atoms with Crippen molar-refractivity contribution in [2.24, 2.45) is 5.41 Å². The third kappa shape index (κ3) is 7.05. The Labute approximate surface area is 109 Å². The largest absolute Gasteiger partial charge is 0.314 e. The minimum Gasteiger partial charge on any atom is -0.314 e. The predicted octanol–water partition coefficient (Wildman–Crippen LogP) is 3.52. The molecule has 0 radical (unpaired) electrons. The first-order chi connectivity index (χ1) is 7.84. The van der Waals surface area contributed by atoms with E-state index in [9.17, 15) is 0 Å². The fourth-order valence-electron chi connectivity index (χ4n) is 2.43. The molecule has 0 rings (SSSR count). The van der Waals surface area contributed by atoms with Crippen LogP contribution in [0.4, 0.5) is 0 Å². The molecular formula is C15H34N2. The second kappa shape index (κ2) is 8.10. The number of hydrogen-bond acceptors (Lipinski definition) is 2. The first-order valence-electron chi connectivity index (χ1n) is 7.32. The van der Waals surface area contributed by atoms with Gasteiger partial charge >= 0.3 is 0 Å². The van der Waals surface area contributed by atoms with Gasteiger partial charge in [0.25, 0.3) is 0 Å². The van der Waals surface area contributed by atoms with Gasteiger partial charge in [0.15, 0.2) is 0 Å². The van der Waals surface area contributed by atoms with Crippen LogP contribution in [0, 0.1) is 5.41 Å². The van der Waals surface area contributed by atoms with E-state index in [1.54, 1.807) is 0 Å². The van der Waals surface area contributed by atoms with E-state index in [4.69, 9.17) is 0 Å². The van der Waals surface area contributed by atoms with Crippen molar-refractivity contribution in [3.63, 3.8) is 0 Å². The van der Waals surface area contributed by atoms with Gasteiger partial charge in [-0.05, 0) is 32.2 Å². The number of nitrogens with one attached hydrogen (secondary N) is 1. The molecule has 2 heteroatoms. The normalized spacial score (nSPS) is 15.9. The summed E-state index contributed by atoms with van der Waals surface area (Å²) in [6.07, 6.45) is 2.57. The van der Waals surface area contributed by atoms with Crippen molar-refractivity contribution in [1.82, 2.24) is 10.2 Å². The summed E-state index contributed by atoms with van der Waals surface area (Å²) in [5, 5.41) is 3.61. The van der Waals surface area contributed by atoms with E-state index in [0.29, 0.717) is 17.5 Å². The molecule has 1 unspecified atom stereocenters. The molecule has 0 heterocycles. The lowest BCUT2D eigenvalue weighted by Crippen LogP contribution is -2.46. The molecule has 0 saturated heterocycles. The summed E-state index contributed by atoms with van der Waals surface area (Å²) in [4.78, 5) is 2.58. The number of nitrogens with zero attached hydrogens (tertiary/aromatic N) is 1. The number of hydrogen-bond donors (Lipinski definition) is 1. The molecule has 2 nitrogen and oxygen atoms in total. The average molecular weight is 242 g/mol. The van der Waals surface area contributed by atoms with E-state index in [-0.39, 0.29) is 0 Å². The highest BCUT2D eigenvalue weighted by Crippen LogP contribution is 2.25. The average Bonchev–Trinajstić information content (AvgIpc) is 2.23. The Bertz CT molecular complexity index is 189. The molecule has 0 amide bonds. The van der Waals surface area contributed by atoms with Gasteiger partial charge in [-0.3, -0.25) is 0 Å². The van der Waals surface area contributed by atoms with Gasteiger partial charge in [-0.1, -0.05) is 41.0 Å². The molecule has 0 spiro atoms. The highest BCUT2D eigenvalue weighted by atomic mass is 15.2. The molecule has 0 aromatic heterocycles. The molecule has 0 aliphatic rings. The zero-order chi connectivity index (χ0) is 13.5. The topological polar surface area (TPSA) is 15.3 Å². The van der Waals surface area contributed by atoms with Gasteiger partial charge < -0.3 is 10.2 Å². The molecule has 0 fully saturated rings. The molecule has 17 heavy (non-hydrogen) atoms. The van der Waals surface area contributed by atoms with Gasteiger partial charge in [-0.25, -0.2) is 0 Å². The summed E-state index contributed by atoms with van der Waals surface area (Å²) in [6, 6.07) is 1.23. The van der Waals surface area contributed by atoms with Crippen LogP contribution in [0.2, 0.25) is 0 Å². The Morgan fingerprint density at radius 2 is 1.71 bits per heavy atom. The fraction of sp³-hybridized carbons (Fsp3) is 1.00. The fourth-order valence-corrected chi connectivity index (χ4v) is 2.43. The minimum atomic E-state index is 0.402. The van der Waals surface area contributed by atoms with Crippen molar-refractivity contribution < 1.29 is 0 Å². The lowest BCUT2D eigenvalue weighted by Gasteiger charge is -2.38. The molecule has 1 atom stereocenters. The second-order valence-corrected chi connectivity index (χ2v) is 6.25. The van der Waals surface area contributed by atoms with E-state index >= 15 is 0 Å². The molecule has 0 bridgehead atoms. The Hall–Kier alpha value is -0.0800. The maximum absolute atomic E-state index is 3.61. The van der Waals surface area contributed by atoms with Crippen LogP contribution in [0.5, 0.6) is 0 Å². The molecule has 0 aliphatic heterocycles. The quantitative estimate of drug-likeness (QED) is 0.665. The van der Waals surface area contributed by atoms with E-state index in [0.717, 1.165) is 13.1 Å². The van der Waals surface area contributed by atoms with Gasteiger partial charge in [0.1, 0.15) is 0 Å². The zero-order valence-corrected chi connectivity index (χ0v) is 13.1. The Morgan fingerprint density at radius 3 is 2.06 bits per heavy atom. The summed E-state index contributed by atoms with van der Waals surface area (Å²) < 4.78 is 0. The third-order valence-electron chi connectivity index (χ3n) is 3.51. The van der Waals surface area contributed by atoms with E-state index < -0.39 is 0 Å². The highest BCUT2D eigenvalue weighted by Gasteiger charge is 2.26. The van der Waals surface area contributed by atoms with E-state index in [1.165, 1.54) is 19.4 Å². The molecular weight excluding hydrogens is 208 g/mol. The van der Waals surface area contributed by atoms with Crippen LogP contribution in [-0.4, -0.2) is 36.6 Å². The molecule has 0 aromatic rings. The summed E-state index contributed by atoms with van der Waals surface area (Å²) in [6.45, 7) is 19.5. The van der Waals surface area contributed by atoms with E-state index in [1.807, 2.05) is 0 Å². The Balaban J connectivity index is 4.46. The van der Waals surface area contributed by atoms with Crippen LogP contribution in [-0.2, 0) is 0 Å². The summed E-state index contributed by atoms with van der Waals surface area (Å²) in [5.74, 6) is 0. The minimum absolute atomic E-state index is 0.402. The standard InChI is InChI=1S/C15H34N2/c1-8-10-15(7,11-16-13(3)4)12-17(9-2)14(5)6/h13-14,16H,8-12H2,1-7H3. The van der Waals surface area contributed by atoms with Crippen molar-refractivity contribution >= 4 is 0 Å². The van der Waals surface area contributed by atoms with Gasteiger partial charge in [-0.15, -0.1) is 0 Å². The predicted molar refractivity (Wildman–Crippen MR) is 78.5 cm³/mol. The summed E-state index contributed by atoms with van der Waals surface area (Å²) in [5.41, 5.74) is 0.402. The first-order valence-corrected chi connectivity index (χ1v) is 7.32. The molecule has 0 aromatic carbocycles. The monoisotopic (exact) mass is 242 g/mol. The maximum Gasteiger partial charge on any atom is 0.00501 e. The van der Waals surface area contributed by atoms with Gasteiger partial charge in [0.05, 0.1) is 0 Å². The summed E-state index contributed by atoms with van der Waals surface area (Å²) >= 11 is 0. The molecule has 0 saturated carbocycles. The van der Waals surface area contributed by atoms with Crippen LogP contribution in [0.3, 0.4) is 0 Å². The Kier molecular flexibility index (Phi) is 8.06. The van der Waals surface area contributed by atoms with E-state index in [2.05, 4.69) is 58.7 Å². The lowest BCUT2D eigenvalue weighted by molar-refractivity contribution is 0.126. The summed E-state index contributed by atoms with van der Waals surface area (Å²) in [7, 11) is 0. The van der Waals surface area contributed by atoms with Crippen LogP contribution >= 0.6 is 0 Å². The Morgan fingerprint density at radius 1 is 1.12 bits per heavy atom. The lowest BCUT2D eigenvalue weighted by atomic mass is 9.84. The van der Waals surface area contributed by atoms with Gasteiger partial charge in [0, 0.05) is 25.2 Å². The van der Waals surface area contributed by atoms with Crippen molar-refractivity contribution in [3.05, 3.63) is 0 Å². The van der Waals surface area contributed by atoms with Gasteiger partial charge in [-0.2, -0.15) is 0 Å². The maximum atomic E-state index is 3.61. The van der Waals surface area contributed by atoms with Crippen LogP contribution < -0.4 is 5.32 Å². The highest BCUT2D eigenvalue weighted by molar-refractivity contribution is 4.82. The second-order valence-electron chi connectivity index (χ2n) is 6.25.